The molecule has 1 heterocycles. The van der Waals surface area contributed by atoms with Crippen LogP contribution in [0.5, 0.6) is 0 Å². The van der Waals surface area contributed by atoms with E-state index in [4.69, 9.17) is 23.7 Å². The monoisotopic (exact) mass is 706 g/mol. The minimum absolute atomic E-state index is 0.169. The Balaban J connectivity index is 1.34. The van der Waals surface area contributed by atoms with Crippen LogP contribution in [0.15, 0.2) is 152 Å². The van der Waals surface area contributed by atoms with E-state index < -0.39 is 18.3 Å². The SMILES string of the molecule is c1ccc(COC[C@@H](OCc2ccccc2)[C@@H](OCc2ccccc2)[C@H](OCc2ccccc2)[C@@H](OCc2ccccc2)C2SCCS2)cc1. The zero-order valence-electron chi connectivity index (χ0n) is 28.3. The Bertz CT molecular complexity index is 1610. The summed E-state index contributed by atoms with van der Waals surface area (Å²) < 4.78 is 34.4. The maximum absolute atomic E-state index is 7.03. The smallest absolute Gasteiger partial charge is 0.115 e. The highest BCUT2D eigenvalue weighted by atomic mass is 32.2. The first kappa shape index (κ1) is 36.4. The van der Waals surface area contributed by atoms with Gasteiger partial charge in [0.1, 0.15) is 24.4 Å². The number of rotatable bonds is 20. The van der Waals surface area contributed by atoms with Crippen LogP contribution in [0, 0.1) is 0 Å². The van der Waals surface area contributed by atoms with Gasteiger partial charge >= 0.3 is 0 Å². The quantitative estimate of drug-likeness (QED) is 0.0800. The van der Waals surface area contributed by atoms with Crippen molar-refractivity contribution in [2.75, 3.05) is 18.1 Å². The number of thioether (sulfide) groups is 2. The third kappa shape index (κ3) is 11.6. The first-order valence-corrected chi connectivity index (χ1v) is 19.4. The van der Waals surface area contributed by atoms with Gasteiger partial charge in [-0.3, -0.25) is 0 Å². The van der Waals surface area contributed by atoms with E-state index in [1.54, 1.807) is 0 Å². The predicted molar refractivity (Wildman–Crippen MR) is 205 cm³/mol. The van der Waals surface area contributed by atoms with Gasteiger partial charge in [0.15, 0.2) is 0 Å². The van der Waals surface area contributed by atoms with E-state index in [1.165, 1.54) is 0 Å². The Morgan fingerprint density at radius 1 is 0.420 bits per heavy atom. The second kappa shape index (κ2) is 20.4. The highest BCUT2D eigenvalue weighted by Crippen LogP contribution is 2.39. The van der Waals surface area contributed by atoms with Gasteiger partial charge in [0.2, 0.25) is 0 Å². The molecule has 50 heavy (non-hydrogen) atoms. The number of hydrogen-bond acceptors (Lipinski definition) is 7. The number of benzene rings is 5. The van der Waals surface area contributed by atoms with Crippen molar-refractivity contribution in [1.29, 1.82) is 0 Å². The van der Waals surface area contributed by atoms with Gasteiger partial charge in [-0.1, -0.05) is 152 Å². The lowest BCUT2D eigenvalue weighted by molar-refractivity contribution is -0.197. The van der Waals surface area contributed by atoms with Crippen molar-refractivity contribution >= 4 is 23.5 Å². The van der Waals surface area contributed by atoms with Crippen LogP contribution in [0.3, 0.4) is 0 Å². The van der Waals surface area contributed by atoms with Gasteiger partial charge in [-0.2, -0.15) is 0 Å². The minimum Gasteiger partial charge on any atom is -0.374 e. The van der Waals surface area contributed by atoms with Crippen LogP contribution in [0.25, 0.3) is 0 Å². The maximum atomic E-state index is 7.03. The fraction of sp³-hybridized carbons (Fsp3) is 0.302. The summed E-state index contributed by atoms with van der Waals surface area (Å²) in [6.07, 6.45) is -1.72. The normalized spacial score (nSPS) is 15.8. The van der Waals surface area contributed by atoms with Gasteiger partial charge in [-0.15, -0.1) is 23.5 Å². The summed E-state index contributed by atoms with van der Waals surface area (Å²) in [5.74, 6) is 2.13. The third-order valence-corrected chi connectivity index (χ3v) is 11.6. The molecule has 1 saturated heterocycles. The fourth-order valence-corrected chi connectivity index (χ4v) is 8.91. The molecule has 1 fully saturated rings. The van der Waals surface area contributed by atoms with E-state index in [0.717, 1.165) is 39.3 Å². The summed E-state index contributed by atoms with van der Waals surface area (Å²) in [5, 5.41) is 0. The van der Waals surface area contributed by atoms with Crippen molar-refractivity contribution < 1.29 is 23.7 Å². The van der Waals surface area contributed by atoms with E-state index >= 15 is 0 Å². The molecule has 260 valence electrons. The lowest BCUT2D eigenvalue weighted by atomic mass is 10.0. The molecule has 0 radical (unpaired) electrons. The second-order valence-electron chi connectivity index (χ2n) is 12.2. The summed E-state index contributed by atoms with van der Waals surface area (Å²) in [4.78, 5) is 0. The van der Waals surface area contributed by atoms with Gasteiger partial charge < -0.3 is 23.7 Å². The van der Waals surface area contributed by atoms with E-state index in [0.29, 0.717) is 39.6 Å². The fourth-order valence-electron chi connectivity index (χ4n) is 5.87. The maximum Gasteiger partial charge on any atom is 0.115 e. The van der Waals surface area contributed by atoms with Crippen LogP contribution < -0.4 is 0 Å². The second-order valence-corrected chi connectivity index (χ2v) is 15.0. The molecule has 4 atom stereocenters. The molecule has 5 aromatic carbocycles. The van der Waals surface area contributed by atoms with Gasteiger partial charge in [0, 0.05) is 11.5 Å². The van der Waals surface area contributed by atoms with Gasteiger partial charge in [-0.05, 0) is 27.8 Å². The first-order valence-electron chi connectivity index (χ1n) is 17.3. The number of hydrogen-bond donors (Lipinski definition) is 0. The van der Waals surface area contributed by atoms with E-state index in [9.17, 15) is 0 Å². The summed E-state index contributed by atoms with van der Waals surface area (Å²) >= 11 is 3.87. The molecule has 1 aliphatic heterocycles. The van der Waals surface area contributed by atoms with Crippen LogP contribution in [0.1, 0.15) is 27.8 Å². The Kier molecular flexibility index (Phi) is 14.9. The highest BCUT2D eigenvalue weighted by molar-refractivity contribution is 8.20. The average molecular weight is 707 g/mol. The van der Waals surface area contributed by atoms with Crippen molar-refractivity contribution in [1.82, 2.24) is 0 Å². The molecular weight excluding hydrogens is 661 g/mol. The summed E-state index contributed by atoms with van der Waals surface area (Å²) in [5.41, 5.74) is 5.49. The minimum atomic E-state index is -0.513. The summed E-state index contributed by atoms with van der Waals surface area (Å²) in [6, 6.07) is 51.5. The van der Waals surface area contributed by atoms with Crippen LogP contribution >= 0.6 is 23.5 Å². The zero-order valence-corrected chi connectivity index (χ0v) is 30.0. The molecule has 7 heteroatoms. The van der Waals surface area contributed by atoms with Crippen LogP contribution in [-0.4, -0.2) is 47.1 Å². The Morgan fingerprint density at radius 3 is 1.22 bits per heavy atom. The third-order valence-electron chi connectivity index (χ3n) is 8.49. The Labute approximate surface area is 305 Å². The summed E-state index contributed by atoms with van der Waals surface area (Å²) in [6.45, 7) is 2.49. The molecule has 0 amide bonds. The van der Waals surface area contributed by atoms with Crippen molar-refractivity contribution in [3.63, 3.8) is 0 Å². The van der Waals surface area contributed by atoms with Gasteiger partial charge in [-0.25, -0.2) is 0 Å². The average Bonchev–Trinajstić information content (AvgIpc) is 3.72. The molecule has 0 aliphatic carbocycles. The lowest BCUT2D eigenvalue weighted by Crippen LogP contribution is -2.53. The molecule has 0 spiro atoms. The molecule has 0 unspecified atom stereocenters. The lowest BCUT2D eigenvalue weighted by Gasteiger charge is -2.39. The molecular formula is C43H46O5S2. The first-order chi connectivity index (χ1) is 24.8. The van der Waals surface area contributed by atoms with Crippen molar-refractivity contribution in [2.24, 2.45) is 0 Å². The highest BCUT2D eigenvalue weighted by Gasteiger charge is 2.43. The molecule has 0 N–H and O–H groups in total. The van der Waals surface area contributed by atoms with Crippen molar-refractivity contribution in [3.8, 4) is 0 Å². The molecule has 0 aromatic heterocycles. The Hall–Kier alpha value is -3.40. The van der Waals surface area contributed by atoms with E-state index in [-0.39, 0.29) is 10.7 Å². The molecule has 5 aromatic rings. The molecule has 1 aliphatic rings. The molecule has 6 rings (SSSR count). The van der Waals surface area contributed by atoms with Gasteiger partial charge in [0.05, 0.1) is 44.2 Å². The topological polar surface area (TPSA) is 46.2 Å². The van der Waals surface area contributed by atoms with Crippen LogP contribution in [-0.2, 0) is 56.7 Å². The predicted octanol–water partition coefficient (Wildman–Crippen LogP) is 9.35. The summed E-state index contributed by atoms with van der Waals surface area (Å²) in [7, 11) is 0. The molecule has 5 nitrogen and oxygen atoms in total. The van der Waals surface area contributed by atoms with Crippen LogP contribution in [0.4, 0.5) is 0 Å². The zero-order chi connectivity index (χ0) is 34.1. The van der Waals surface area contributed by atoms with E-state index in [1.807, 2.05) is 102 Å². The molecule has 0 bridgehead atoms. The van der Waals surface area contributed by atoms with Crippen LogP contribution in [0.2, 0.25) is 0 Å². The largest absolute Gasteiger partial charge is 0.374 e. The Morgan fingerprint density at radius 2 is 0.780 bits per heavy atom. The standard InChI is InChI=1S/C43H46O5S2/c1-6-16-34(17-7-1)28-44-33-39(45-29-35-18-8-2-9-19-35)40(46-30-36-20-10-3-11-21-36)41(47-31-37-22-12-4-13-23-37)42(43-49-26-27-50-43)48-32-38-24-14-5-15-25-38/h1-25,39-43H,26-33H2/t39-,40-,41+,42-/m1/s1. The van der Waals surface area contributed by atoms with Gasteiger partial charge in [0.25, 0.3) is 0 Å². The van der Waals surface area contributed by atoms with Crippen molar-refractivity contribution in [2.45, 2.75) is 62.0 Å². The number of ether oxygens (including phenoxy) is 5. The van der Waals surface area contributed by atoms with E-state index in [2.05, 4.69) is 72.8 Å². The molecule has 0 saturated carbocycles. The van der Waals surface area contributed by atoms with Crippen molar-refractivity contribution in [3.05, 3.63) is 179 Å².